The molecule has 0 bridgehead atoms. The van der Waals surface area contributed by atoms with Gasteiger partial charge in [0, 0.05) is 22.0 Å². The second-order valence-electron chi connectivity index (χ2n) is 7.11. The third-order valence-corrected chi connectivity index (χ3v) is 5.52. The minimum absolute atomic E-state index is 0.195. The normalized spacial score (nSPS) is 10.3. The van der Waals surface area contributed by atoms with E-state index in [1.807, 2.05) is 103 Å². The lowest BCUT2D eigenvalue weighted by atomic mass is 10.1. The molecule has 0 unspecified atom stereocenters. The van der Waals surface area contributed by atoms with Crippen LogP contribution in [0.2, 0.25) is 0 Å². The first-order valence-corrected chi connectivity index (χ1v) is 11.2. The van der Waals surface area contributed by atoms with E-state index in [1.54, 1.807) is 7.11 Å². The van der Waals surface area contributed by atoms with Crippen LogP contribution in [0.3, 0.4) is 0 Å². The molecule has 7 heteroatoms. The molecular weight excluding hydrogens is 432 g/mol. The van der Waals surface area contributed by atoms with Gasteiger partial charge >= 0.3 is 0 Å². The molecule has 4 aromatic carbocycles. The van der Waals surface area contributed by atoms with Gasteiger partial charge in [0.15, 0.2) is 0 Å². The molecule has 1 amide bonds. The Morgan fingerprint density at radius 1 is 0.727 bits per heavy atom. The molecule has 0 aliphatic rings. The summed E-state index contributed by atoms with van der Waals surface area (Å²) < 4.78 is 3.32. The second-order valence-corrected chi connectivity index (χ2v) is 7.99. The number of amides is 1. The quantitative estimate of drug-likeness (QED) is 0.164. The fourth-order valence-electron chi connectivity index (χ4n) is 3.16. The number of rotatable bonds is 9. The van der Waals surface area contributed by atoms with Crippen molar-refractivity contribution in [2.75, 3.05) is 27.9 Å². The van der Waals surface area contributed by atoms with E-state index in [0.29, 0.717) is 5.56 Å². The van der Waals surface area contributed by atoms with Crippen molar-refractivity contribution >= 4 is 46.3 Å². The van der Waals surface area contributed by atoms with Gasteiger partial charge in [0.1, 0.15) is 0 Å². The van der Waals surface area contributed by atoms with E-state index in [1.165, 1.54) is 11.9 Å². The SMILES string of the molecule is CONc1cccc(SNc2ccc(Nc3ccccc3)c(C(=O)Nc3ccccc3)c2)c1. The monoisotopic (exact) mass is 456 g/mol. The molecule has 6 nitrogen and oxygen atoms in total. The summed E-state index contributed by atoms with van der Waals surface area (Å²) in [6, 6.07) is 32.7. The lowest BCUT2D eigenvalue weighted by Crippen LogP contribution is -2.14. The van der Waals surface area contributed by atoms with E-state index >= 15 is 0 Å². The highest BCUT2D eigenvalue weighted by Crippen LogP contribution is 2.29. The Morgan fingerprint density at radius 3 is 2.15 bits per heavy atom. The molecule has 4 N–H and O–H groups in total. The van der Waals surface area contributed by atoms with Gasteiger partial charge in [-0.05, 0) is 72.6 Å². The van der Waals surface area contributed by atoms with Crippen LogP contribution in [0.15, 0.2) is 108 Å². The van der Waals surface area contributed by atoms with E-state index in [9.17, 15) is 4.79 Å². The molecule has 33 heavy (non-hydrogen) atoms. The van der Waals surface area contributed by atoms with Gasteiger partial charge < -0.3 is 15.4 Å². The van der Waals surface area contributed by atoms with E-state index in [2.05, 4.69) is 20.8 Å². The molecule has 0 fully saturated rings. The van der Waals surface area contributed by atoms with Crippen LogP contribution in [0.1, 0.15) is 10.4 Å². The molecule has 0 saturated heterocycles. The molecule has 0 atom stereocenters. The first kappa shape index (κ1) is 22.3. The van der Waals surface area contributed by atoms with Crippen LogP contribution in [0.5, 0.6) is 0 Å². The first-order valence-electron chi connectivity index (χ1n) is 10.4. The average Bonchev–Trinajstić information content (AvgIpc) is 2.85. The summed E-state index contributed by atoms with van der Waals surface area (Å²) in [5.41, 5.74) is 7.38. The molecule has 0 aliphatic heterocycles. The number of para-hydroxylation sites is 2. The largest absolute Gasteiger partial charge is 0.355 e. The Labute approximate surface area is 197 Å². The summed E-state index contributed by atoms with van der Waals surface area (Å²) in [6.45, 7) is 0. The summed E-state index contributed by atoms with van der Waals surface area (Å²) in [5, 5.41) is 6.32. The van der Waals surface area contributed by atoms with Crippen LogP contribution >= 0.6 is 11.9 Å². The molecule has 0 aliphatic carbocycles. The molecule has 166 valence electrons. The molecule has 0 spiro atoms. The van der Waals surface area contributed by atoms with Gasteiger partial charge in [0.05, 0.1) is 24.0 Å². The van der Waals surface area contributed by atoms with E-state index in [-0.39, 0.29) is 5.91 Å². The van der Waals surface area contributed by atoms with Crippen molar-refractivity contribution in [3.63, 3.8) is 0 Å². The van der Waals surface area contributed by atoms with Gasteiger partial charge in [0.2, 0.25) is 0 Å². The average molecular weight is 457 g/mol. The van der Waals surface area contributed by atoms with Gasteiger partial charge in [-0.25, -0.2) is 0 Å². The summed E-state index contributed by atoms with van der Waals surface area (Å²) in [4.78, 5) is 19.1. The number of anilines is 5. The number of hydrogen-bond acceptors (Lipinski definition) is 6. The Balaban J connectivity index is 1.56. The maximum Gasteiger partial charge on any atom is 0.257 e. The van der Waals surface area contributed by atoms with Crippen LogP contribution in [0.4, 0.5) is 28.4 Å². The zero-order valence-corrected chi connectivity index (χ0v) is 18.9. The van der Waals surface area contributed by atoms with Crippen molar-refractivity contribution in [1.29, 1.82) is 0 Å². The molecule has 0 heterocycles. The summed E-state index contributed by atoms with van der Waals surface area (Å²) in [7, 11) is 1.57. The number of carbonyl (C=O) groups excluding carboxylic acids is 1. The summed E-state index contributed by atoms with van der Waals surface area (Å²) in [6.07, 6.45) is 0. The lowest BCUT2D eigenvalue weighted by molar-refractivity contribution is 0.102. The zero-order chi connectivity index (χ0) is 22.9. The number of nitrogens with one attached hydrogen (secondary N) is 4. The van der Waals surface area contributed by atoms with E-state index in [4.69, 9.17) is 4.84 Å². The number of carbonyl (C=O) groups is 1. The fourth-order valence-corrected chi connectivity index (χ4v) is 3.86. The second kappa shape index (κ2) is 11.1. The Kier molecular flexibility index (Phi) is 7.48. The number of benzene rings is 4. The van der Waals surface area contributed by atoms with Crippen LogP contribution in [0, 0.1) is 0 Å². The van der Waals surface area contributed by atoms with Crippen molar-refractivity contribution in [1.82, 2.24) is 0 Å². The van der Waals surface area contributed by atoms with Gasteiger partial charge in [0.25, 0.3) is 5.91 Å². The van der Waals surface area contributed by atoms with Crippen molar-refractivity contribution in [2.45, 2.75) is 4.90 Å². The predicted molar refractivity (Wildman–Crippen MR) is 137 cm³/mol. The van der Waals surface area contributed by atoms with Crippen LogP contribution in [-0.2, 0) is 4.84 Å². The summed E-state index contributed by atoms with van der Waals surface area (Å²) >= 11 is 1.45. The van der Waals surface area contributed by atoms with Gasteiger partial charge in [-0.15, -0.1) is 0 Å². The minimum Gasteiger partial charge on any atom is -0.355 e. The van der Waals surface area contributed by atoms with E-state index < -0.39 is 0 Å². The smallest absolute Gasteiger partial charge is 0.257 e. The third-order valence-electron chi connectivity index (χ3n) is 4.69. The number of hydrogen-bond donors (Lipinski definition) is 4. The molecule has 0 radical (unpaired) electrons. The standard InChI is InChI=1S/C26H24N4O2S/c1-32-29-21-13-8-14-23(17-21)33-30-22-15-16-25(27-19-9-4-2-5-10-19)24(18-22)26(31)28-20-11-6-3-7-12-20/h2-18,27,29-30H,1H3,(H,28,31). The highest BCUT2D eigenvalue weighted by Gasteiger charge is 2.14. The molecular formula is C26H24N4O2S. The third kappa shape index (κ3) is 6.29. The van der Waals surface area contributed by atoms with Crippen molar-refractivity contribution in [3.8, 4) is 0 Å². The Morgan fingerprint density at radius 2 is 1.42 bits per heavy atom. The van der Waals surface area contributed by atoms with Gasteiger partial charge in [-0.2, -0.15) is 0 Å². The Bertz CT molecular complexity index is 1200. The Hall–Kier alpha value is -3.94. The minimum atomic E-state index is -0.195. The van der Waals surface area contributed by atoms with Crippen LogP contribution in [0.25, 0.3) is 0 Å². The zero-order valence-electron chi connectivity index (χ0n) is 18.0. The van der Waals surface area contributed by atoms with Crippen LogP contribution in [-0.4, -0.2) is 13.0 Å². The molecule has 0 aromatic heterocycles. The fraction of sp³-hybridized carbons (Fsp3) is 0.0385. The lowest BCUT2D eigenvalue weighted by Gasteiger charge is -2.15. The summed E-state index contributed by atoms with van der Waals surface area (Å²) in [5.74, 6) is -0.195. The highest BCUT2D eigenvalue weighted by atomic mass is 32.2. The van der Waals surface area contributed by atoms with Crippen molar-refractivity contribution < 1.29 is 9.63 Å². The maximum absolute atomic E-state index is 13.2. The topological polar surface area (TPSA) is 74.4 Å². The van der Waals surface area contributed by atoms with Crippen molar-refractivity contribution in [2.24, 2.45) is 0 Å². The molecule has 4 aromatic rings. The first-order chi connectivity index (χ1) is 16.2. The van der Waals surface area contributed by atoms with Gasteiger partial charge in [-0.3, -0.25) is 15.1 Å². The predicted octanol–water partition coefficient (Wildman–Crippen LogP) is 6.78. The molecule has 4 rings (SSSR count). The maximum atomic E-state index is 13.2. The highest BCUT2D eigenvalue weighted by molar-refractivity contribution is 8.00. The van der Waals surface area contributed by atoms with Crippen molar-refractivity contribution in [3.05, 3.63) is 109 Å². The van der Waals surface area contributed by atoms with Crippen LogP contribution < -0.4 is 20.8 Å². The van der Waals surface area contributed by atoms with Gasteiger partial charge in [-0.1, -0.05) is 42.5 Å². The molecule has 0 saturated carbocycles. The van der Waals surface area contributed by atoms with E-state index in [0.717, 1.165) is 33.3 Å².